The van der Waals surface area contributed by atoms with Gasteiger partial charge in [0.15, 0.2) is 0 Å². The number of aliphatic hydroxyl groups is 1. The Morgan fingerprint density at radius 3 is 2.79 bits per heavy atom. The number of hydrogen-bond acceptors (Lipinski definition) is 3. The van der Waals surface area contributed by atoms with Crippen molar-refractivity contribution in [1.29, 1.82) is 0 Å². The van der Waals surface area contributed by atoms with E-state index in [-0.39, 0.29) is 11.3 Å². The lowest BCUT2D eigenvalue weighted by Gasteiger charge is -2.59. The summed E-state index contributed by atoms with van der Waals surface area (Å²) < 4.78 is 5.18. The molecule has 4 heteroatoms. The Balaban J connectivity index is 1.94. The van der Waals surface area contributed by atoms with Gasteiger partial charge in [0, 0.05) is 11.0 Å². The summed E-state index contributed by atoms with van der Waals surface area (Å²) in [7, 11) is 0. The maximum Gasteiger partial charge on any atom is 0.331 e. The van der Waals surface area contributed by atoms with Gasteiger partial charge >= 0.3 is 5.97 Å². The minimum absolute atomic E-state index is 0.000208. The van der Waals surface area contributed by atoms with E-state index < -0.39 is 17.5 Å². The lowest BCUT2D eigenvalue weighted by atomic mass is 9.45. The Morgan fingerprint density at radius 2 is 2.17 bits per heavy atom. The molecule has 0 bridgehead atoms. The lowest BCUT2D eigenvalue weighted by Crippen LogP contribution is -2.57. The molecular formula is C20H28O4. The number of aliphatic carboxylic acids is 1. The highest BCUT2D eigenvalue weighted by Gasteiger charge is 2.59. The largest absolute Gasteiger partial charge is 0.478 e. The molecule has 1 fully saturated rings. The zero-order valence-electron chi connectivity index (χ0n) is 14.8. The summed E-state index contributed by atoms with van der Waals surface area (Å²) in [6.07, 6.45) is 8.99. The van der Waals surface area contributed by atoms with Gasteiger partial charge < -0.3 is 14.6 Å². The number of fused-ring (bicyclic) bond motifs is 1. The predicted octanol–water partition coefficient (Wildman–Crippen LogP) is 4.05. The molecule has 3 rings (SSSR count). The summed E-state index contributed by atoms with van der Waals surface area (Å²) in [5, 5.41) is 20.5. The topological polar surface area (TPSA) is 70.7 Å². The predicted molar refractivity (Wildman–Crippen MR) is 91.5 cm³/mol. The van der Waals surface area contributed by atoms with E-state index >= 15 is 0 Å². The first-order chi connectivity index (χ1) is 11.3. The van der Waals surface area contributed by atoms with Gasteiger partial charge in [0.25, 0.3) is 0 Å². The van der Waals surface area contributed by atoms with Gasteiger partial charge in [-0.3, -0.25) is 0 Å². The highest BCUT2D eigenvalue weighted by atomic mass is 16.4. The van der Waals surface area contributed by atoms with Crippen LogP contribution in [0.5, 0.6) is 0 Å². The molecule has 1 saturated carbocycles. The van der Waals surface area contributed by atoms with Gasteiger partial charge in [0.05, 0.1) is 18.6 Å². The molecule has 2 aliphatic carbocycles. The zero-order valence-corrected chi connectivity index (χ0v) is 14.8. The summed E-state index contributed by atoms with van der Waals surface area (Å²) in [4.78, 5) is 11.8. The van der Waals surface area contributed by atoms with Crippen molar-refractivity contribution in [2.24, 2.45) is 22.7 Å². The van der Waals surface area contributed by atoms with Crippen LogP contribution in [0.4, 0.5) is 0 Å². The highest BCUT2D eigenvalue weighted by Crippen LogP contribution is 2.61. The SMILES string of the molecule is C[C@H]1C[C@@H](O)[C@]2(C)C(C(=O)O)=CCC[C@H]2[C@]1(C)CCc1ccoc1. The van der Waals surface area contributed by atoms with E-state index in [0.29, 0.717) is 17.9 Å². The van der Waals surface area contributed by atoms with Crippen LogP contribution in [0.2, 0.25) is 0 Å². The number of carboxylic acid groups (broad SMARTS) is 1. The fourth-order valence-electron chi connectivity index (χ4n) is 5.31. The third kappa shape index (κ3) is 2.52. The number of hydrogen-bond donors (Lipinski definition) is 2. The molecule has 2 aliphatic rings. The molecule has 0 radical (unpaired) electrons. The highest BCUT2D eigenvalue weighted by molar-refractivity contribution is 5.88. The fourth-order valence-corrected chi connectivity index (χ4v) is 5.31. The smallest absolute Gasteiger partial charge is 0.331 e. The van der Waals surface area contributed by atoms with Crippen molar-refractivity contribution < 1.29 is 19.4 Å². The van der Waals surface area contributed by atoms with Gasteiger partial charge in [-0.15, -0.1) is 0 Å². The monoisotopic (exact) mass is 332 g/mol. The molecule has 1 heterocycles. The third-order valence-corrected chi connectivity index (χ3v) is 7.06. The average Bonchev–Trinajstić information content (AvgIpc) is 3.04. The Labute approximate surface area is 143 Å². The Bertz CT molecular complexity index is 632. The van der Waals surface area contributed by atoms with Crippen molar-refractivity contribution in [1.82, 2.24) is 0 Å². The second kappa shape index (κ2) is 6.07. The van der Waals surface area contributed by atoms with Crippen LogP contribution in [0.1, 0.15) is 52.0 Å². The molecule has 4 nitrogen and oxygen atoms in total. The van der Waals surface area contributed by atoms with E-state index in [9.17, 15) is 15.0 Å². The van der Waals surface area contributed by atoms with Gasteiger partial charge in [-0.25, -0.2) is 4.79 Å². The molecule has 24 heavy (non-hydrogen) atoms. The number of carbonyl (C=O) groups is 1. The lowest BCUT2D eigenvalue weighted by molar-refractivity contribution is -0.148. The van der Waals surface area contributed by atoms with E-state index in [1.165, 1.54) is 5.56 Å². The summed E-state index contributed by atoms with van der Waals surface area (Å²) >= 11 is 0. The first kappa shape index (κ1) is 17.3. The number of carboxylic acids is 1. The van der Waals surface area contributed by atoms with E-state index in [2.05, 4.69) is 13.8 Å². The van der Waals surface area contributed by atoms with Crippen molar-refractivity contribution in [3.8, 4) is 0 Å². The van der Waals surface area contributed by atoms with E-state index in [4.69, 9.17) is 4.42 Å². The number of furan rings is 1. The van der Waals surface area contributed by atoms with E-state index in [1.807, 2.05) is 19.1 Å². The molecular weight excluding hydrogens is 304 g/mol. The summed E-state index contributed by atoms with van der Waals surface area (Å²) in [6.45, 7) is 6.46. The Morgan fingerprint density at radius 1 is 1.42 bits per heavy atom. The molecule has 0 amide bonds. The maximum atomic E-state index is 11.8. The van der Waals surface area contributed by atoms with Crippen LogP contribution in [0.15, 0.2) is 34.7 Å². The van der Waals surface area contributed by atoms with Crippen molar-refractivity contribution in [2.45, 2.75) is 59.0 Å². The van der Waals surface area contributed by atoms with Crippen LogP contribution in [0, 0.1) is 22.7 Å². The van der Waals surface area contributed by atoms with Crippen LogP contribution < -0.4 is 0 Å². The van der Waals surface area contributed by atoms with Crippen LogP contribution >= 0.6 is 0 Å². The Hall–Kier alpha value is -1.55. The molecule has 1 aromatic heterocycles. The van der Waals surface area contributed by atoms with E-state index in [0.717, 1.165) is 25.7 Å². The Kier molecular flexibility index (Phi) is 4.37. The zero-order chi connectivity index (χ0) is 17.5. The van der Waals surface area contributed by atoms with Crippen molar-refractivity contribution in [3.05, 3.63) is 35.8 Å². The van der Waals surface area contributed by atoms with Crippen LogP contribution in [-0.2, 0) is 11.2 Å². The second-order valence-corrected chi connectivity index (χ2v) is 8.13. The fraction of sp³-hybridized carbons (Fsp3) is 0.650. The average molecular weight is 332 g/mol. The van der Waals surface area contributed by atoms with Crippen molar-refractivity contribution >= 4 is 5.97 Å². The third-order valence-electron chi connectivity index (χ3n) is 7.06. The van der Waals surface area contributed by atoms with Crippen LogP contribution in [0.25, 0.3) is 0 Å². The minimum Gasteiger partial charge on any atom is -0.478 e. The number of allylic oxidation sites excluding steroid dienone is 1. The van der Waals surface area contributed by atoms with E-state index in [1.54, 1.807) is 12.5 Å². The molecule has 0 saturated heterocycles. The first-order valence-corrected chi connectivity index (χ1v) is 8.93. The van der Waals surface area contributed by atoms with Gasteiger partial charge in [-0.1, -0.05) is 26.8 Å². The number of rotatable bonds is 4. The minimum atomic E-state index is -0.881. The second-order valence-electron chi connectivity index (χ2n) is 8.13. The maximum absolute atomic E-state index is 11.8. The number of aliphatic hydroxyl groups excluding tert-OH is 1. The quantitative estimate of drug-likeness (QED) is 0.873. The van der Waals surface area contributed by atoms with Gasteiger partial charge in [-0.05, 0) is 61.0 Å². The van der Waals surface area contributed by atoms with Crippen molar-refractivity contribution in [3.63, 3.8) is 0 Å². The van der Waals surface area contributed by atoms with Gasteiger partial charge in [0.1, 0.15) is 0 Å². The molecule has 0 spiro atoms. The molecule has 0 aromatic carbocycles. The van der Waals surface area contributed by atoms with Crippen molar-refractivity contribution in [2.75, 3.05) is 0 Å². The standard InChI is InChI=1S/C20H28O4/c1-13-11-17(21)20(3)15(18(22)23)5-4-6-16(20)19(13,2)9-7-14-8-10-24-12-14/h5,8,10,12-13,16-17,21H,4,6-7,9,11H2,1-3H3,(H,22,23)/t13-,16-,17+,19+,20+/m0/s1. The van der Waals surface area contributed by atoms with Gasteiger partial charge in [-0.2, -0.15) is 0 Å². The van der Waals surface area contributed by atoms with Crippen LogP contribution in [0.3, 0.4) is 0 Å². The summed E-state index contributed by atoms with van der Waals surface area (Å²) in [5.41, 5.74) is 0.927. The molecule has 0 aliphatic heterocycles. The van der Waals surface area contributed by atoms with Gasteiger partial charge in [0.2, 0.25) is 0 Å². The molecule has 132 valence electrons. The first-order valence-electron chi connectivity index (χ1n) is 8.93. The molecule has 5 atom stereocenters. The summed E-state index contributed by atoms with van der Waals surface area (Å²) in [6, 6.07) is 1.99. The summed E-state index contributed by atoms with van der Waals surface area (Å²) in [5.74, 6) is -0.356. The normalized spacial score (nSPS) is 39.2. The molecule has 1 aromatic rings. The number of aryl methyl sites for hydroxylation is 1. The molecule has 2 N–H and O–H groups in total. The molecule has 0 unspecified atom stereocenters. The van der Waals surface area contributed by atoms with Crippen LogP contribution in [-0.4, -0.2) is 22.3 Å².